The predicted molar refractivity (Wildman–Crippen MR) is 63.4 cm³/mol. The Hall–Kier alpha value is -1.65. The van der Waals surface area contributed by atoms with E-state index in [2.05, 4.69) is 0 Å². The summed E-state index contributed by atoms with van der Waals surface area (Å²) in [5, 5.41) is 8.34. The third-order valence-electron chi connectivity index (χ3n) is 2.76. The molecular weight excluding hydrogens is 242 g/mol. The minimum absolute atomic E-state index is 0.0188. The Morgan fingerprint density at radius 1 is 1.33 bits per heavy atom. The number of carbonyl (C=O) groups is 1. The number of halogens is 2. The average Bonchev–Trinajstić information content (AvgIpc) is 2.26. The number of carboxylic acid groups (broad SMARTS) is 1. The highest BCUT2D eigenvalue weighted by Crippen LogP contribution is 2.27. The Labute approximate surface area is 104 Å². The van der Waals surface area contributed by atoms with Crippen LogP contribution in [0.5, 0.6) is 5.75 Å². The van der Waals surface area contributed by atoms with Gasteiger partial charge in [-0.05, 0) is 37.0 Å². The summed E-state index contributed by atoms with van der Waals surface area (Å²) in [6.45, 7) is 3.65. The van der Waals surface area contributed by atoms with Crippen molar-refractivity contribution in [3.63, 3.8) is 0 Å². The Balaban J connectivity index is 2.84. The van der Waals surface area contributed by atoms with Gasteiger partial charge in [0.15, 0.2) is 0 Å². The maximum Gasteiger partial charge on any atom is 0.374 e. The van der Waals surface area contributed by atoms with Gasteiger partial charge >= 0.3 is 11.9 Å². The maximum atomic E-state index is 13.0. The molecule has 1 N–H and O–H groups in total. The number of hydrogen-bond donors (Lipinski definition) is 1. The number of alkyl halides is 2. The second-order valence-corrected chi connectivity index (χ2v) is 4.27. The van der Waals surface area contributed by atoms with E-state index in [0.29, 0.717) is 5.56 Å². The van der Waals surface area contributed by atoms with Crippen molar-refractivity contribution in [1.82, 2.24) is 0 Å². The standard InChI is InChI=1S/C13H16F2O3/c1-8-6-10(7-9(2)11(8)18-3)4-5-13(14,15)12(16)17/h6-7H,4-5H2,1-3H3,(H,16,17). The van der Waals surface area contributed by atoms with Gasteiger partial charge in [-0.2, -0.15) is 8.78 Å². The molecule has 0 aromatic heterocycles. The zero-order chi connectivity index (χ0) is 13.9. The number of rotatable bonds is 5. The lowest BCUT2D eigenvalue weighted by atomic mass is 10.0. The van der Waals surface area contributed by atoms with E-state index in [4.69, 9.17) is 9.84 Å². The highest BCUT2D eigenvalue weighted by molar-refractivity contribution is 5.75. The number of methoxy groups -OCH3 is 1. The van der Waals surface area contributed by atoms with E-state index in [9.17, 15) is 13.6 Å². The van der Waals surface area contributed by atoms with Crippen LogP contribution in [0.15, 0.2) is 12.1 Å². The molecule has 0 fully saturated rings. The van der Waals surface area contributed by atoms with Crippen LogP contribution in [0.3, 0.4) is 0 Å². The topological polar surface area (TPSA) is 46.5 Å². The molecule has 0 saturated carbocycles. The summed E-state index contributed by atoms with van der Waals surface area (Å²) in [5.74, 6) is -5.03. The number of aryl methyl sites for hydroxylation is 3. The van der Waals surface area contributed by atoms with Gasteiger partial charge in [-0.25, -0.2) is 4.79 Å². The predicted octanol–water partition coefficient (Wildman–Crippen LogP) is 2.96. The summed E-state index contributed by atoms with van der Waals surface area (Å²) in [5.41, 5.74) is 2.39. The first-order valence-electron chi connectivity index (χ1n) is 5.53. The zero-order valence-corrected chi connectivity index (χ0v) is 10.6. The summed E-state index contributed by atoms with van der Waals surface area (Å²) >= 11 is 0. The van der Waals surface area contributed by atoms with Gasteiger partial charge in [-0.1, -0.05) is 12.1 Å². The quantitative estimate of drug-likeness (QED) is 0.883. The molecule has 0 aliphatic rings. The zero-order valence-electron chi connectivity index (χ0n) is 10.6. The first-order valence-corrected chi connectivity index (χ1v) is 5.53. The van der Waals surface area contributed by atoms with Gasteiger partial charge in [0.2, 0.25) is 0 Å². The Kier molecular flexibility index (Phi) is 4.27. The highest BCUT2D eigenvalue weighted by Gasteiger charge is 2.37. The van der Waals surface area contributed by atoms with E-state index < -0.39 is 18.3 Å². The van der Waals surface area contributed by atoms with E-state index in [1.54, 1.807) is 19.2 Å². The van der Waals surface area contributed by atoms with Gasteiger partial charge in [-0.15, -0.1) is 0 Å². The molecule has 0 amide bonds. The van der Waals surface area contributed by atoms with Crippen molar-refractivity contribution in [2.24, 2.45) is 0 Å². The molecule has 0 bridgehead atoms. The largest absolute Gasteiger partial charge is 0.496 e. The summed E-state index contributed by atoms with van der Waals surface area (Å²) in [4.78, 5) is 10.3. The summed E-state index contributed by atoms with van der Waals surface area (Å²) in [6.07, 6.45) is -0.682. The molecule has 5 heteroatoms. The highest BCUT2D eigenvalue weighted by atomic mass is 19.3. The Morgan fingerprint density at radius 3 is 2.22 bits per heavy atom. The lowest BCUT2D eigenvalue weighted by Crippen LogP contribution is -2.28. The average molecular weight is 258 g/mol. The molecule has 18 heavy (non-hydrogen) atoms. The van der Waals surface area contributed by atoms with Crippen molar-refractivity contribution >= 4 is 5.97 Å². The Bertz CT molecular complexity index is 433. The number of hydrogen-bond acceptors (Lipinski definition) is 2. The fourth-order valence-corrected chi connectivity index (χ4v) is 1.91. The molecule has 3 nitrogen and oxygen atoms in total. The van der Waals surface area contributed by atoms with Gasteiger partial charge in [-0.3, -0.25) is 0 Å². The monoisotopic (exact) mass is 258 g/mol. The molecule has 0 unspecified atom stereocenters. The number of ether oxygens (including phenoxy) is 1. The molecule has 1 rings (SSSR count). The lowest BCUT2D eigenvalue weighted by molar-refractivity contribution is -0.165. The normalized spacial score (nSPS) is 11.4. The Morgan fingerprint density at radius 2 is 1.83 bits per heavy atom. The fraction of sp³-hybridized carbons (Fsp3) is 0.462. The molecule has 100 valence electrons. The van der Waals surface area contributed by atoms with Crippen LogP contribution in [0.1, 0.15) is 23.1 Å². The first-order chi connectivity index (χ1) is 8.27. The van der Waals surface area contributed by atoms with Crippen LogP contribution < -0.4 is 4.74 Å². The van der Waals surface area contributed by atoms with Crippen molar-refractivity contribution in [3.8, 4) is 5.75 Å². The SMILES string of the molecule is COc1c(C)cc(CCC(F)(F)C(=O)O)cc1C. The van der Waals surface area contributed by atoms with Crippen molar-refractivity contribution < 1.29 is 23.4 Å². The van der Waals surface area contributed by atoms with Crippen LogP contribution >= 0.6 is 0 Å². The molecule has 0 radical (unpaired) electrons. The van der Waals surface area contributed by atoms with Gasteiger partial charge < -0.3 is 9.84 Å². The second-order valence-electron chi connectivity index (χ2n) is 4.27. The number of aliphatic carboxylic acids is 1. The molecule has 0 spiro atoms. The molecular formula is C13H16F2O3. The second kappa shape index (κ2) is 5.33. The van der Waals surface area contributed by atoms with Crippen LogP contribution in [0, 0.1) is 13.8 Å². The molecule has 0 atom stereocenters. The van der Waals surface area contributed by atoms with Crippen molar-refractivity contribution in [2.75, 3.05) is 7.11 Å². The van der Waals surface area contributed by atoms with E-state index >= 15 is 0 Å². The number of carboxylic acids is 1. The summed E-state index contributed by atoms with van der Waals surface area (Å²) in [7, 11) is 1.55. The summed E-state index contributed by atoms with van der Waals surface area (Å²) < 4.78 is 31.1. The van der Waals surface area contributed by atoms with E-state index in [-0.39, 0.29) is 6.42 Å². The van der Waals surface area contributed by atoms with E-state index in [1.807, 2.05) is 13.8 Å². The van der Waals surface area contributed by atoms with Crippen LogP contribution in [0.2, 0.25) is 0 Å². The molecule has 1 aromatic carbocycles. The van der Waals surface area contributed by atoms with E-state index in [1.165, 1.54) is 0 Å². The van der Waals surface area contributed by atoms with Crippen LogP contribution in [-0.2, 0) is 11.2 Å². The van der Waals surface area contributed by atoms with Gasteiger partial charge in [0, 0.05) is 6.42 Å². The van der Waals surface area contributed by atoms with Crippen molar-refractivity contribution in [2.45, 2.75) is 32.6 Å². The van der Waals surface area contributed by atoms with Crippen LogP contribution in [0.4, 0.5) is 8.78 Å². The first kappa shape index (κ1) is 14.4. The number of benzene rings is 1. The third-order valence-corrected chi connectivity index (χ3v) is 2.76. The third kappa shape index (κ3) is 3.18. The fourth-order valence-electron chi connectivity index (χ4n) is 1.91. The molecule has 0 aliphatic carbocycles. The van der Waals surface area contributed by atoms with E-state index in [0.717, 1.165) is 16.9 Å². The van der Waals surface area contributed by atoms with Gasteiger partial charge in [0.25, 0.3) is 0 Å². The molecule has 0 aliphatic heterocycles. The van der Waals surface area contributed by atoms with Crippen molar-refractivity contribution in [1.29, 1.82) is 0 Å². The van der Waals surface area contributed by atoms with Crippen LogP contribution in [-0.4, -0.2) is 24.1 Å². The summed E-state index contributed by atoms with van der Waals surface area (Å²) in [6, 6.07) is 3.48. The van der Waals surface area contributed by atoms with Crippen LogP contribution in [0.25, 0.3) is 0 Å². The maximum absolute atomic E-state index is 13.0. The molecule has 0 heterocycles. The van der Waals surface area contributed by atoms with Gasteiger partial charge in [0.1, 0.15) is 5.75 Å². The lowest BCUT2D eigenvalue weighted by Gasteiger charge is -2.13. The van der Waals surface area contributed by atoms with Gasteiger partial charge in [0.05, 0.1) is 7.11 Å². The minimum Gasteiger partial charge on any atom is -0.496 e. The van der Waals surface area contributed by atoms with Crippen molar-refractivity contribution in [3.05, 3.63) is 28.8 Å². The molecule has 1 aromatic rings. The minimum atomic E-state index is -3.68. The molecule has 0 saturated heterocycles. The smallest absolute Gasteiger partial charge is 0.374 e.